The van der Waals surface area contributed by atoms with Crippen LogP contribution >= 0.6 is 11.6 Å². The summed E-state index contributed by atoms with van der Waals surface area (Å²) in [5, 5.41) is -0.278. The summed E-state index contributed by atoms with van der Waals surface area (Å²) in [6.45, 7) is 8.23. The molecule has 15 heavy (non-hydrogen) atoms. The minimum atomic E-state index is -0.278. The maximum atomic E-state index is 11.0. The second kappa shape index (κ2) is 4.36. The molecular weight excluding hydrogens is 208 g/mol. The van der Waals surface area contributed by atoms with E-state index in [1.54, 1.807) is 0 Å². The summed E-state index contributed by atoms with van der Waals surface area (Å²) in [6, 6.07) is 6.29. The zero-order valence-corrected chi connectivity index (χ0v) is 10.5. The van der Waals surface area contributed by atoms with Crippen LogP contribution in [0.1, 0.15) is 37.0 Å². The molecule has 1 nitrogen and oxygen atoms in total. The molecule has 0 aliphatic carbocycles. The molecule has 2 heteroatoms. The molecule has 0 saturated carbocycles. The minimum absolute atomic E-state index is 0.184. The van der Waals surface area contributed by atoms with Crippen molar-refractivity contribution in [2.24, 2.45) is 0 Å². The number of hydrogen-bond acceptors (Lipinski definition) is 1. The van der Waals surface area contributed by atoms with Crippen LogP contribution in [0.4, 0.5) is 0 Å². The Bertz CT molecular complexity index is 380. The van der Waals surface area contributed by atoms with Crippen molar-refractivity contribution in [3.63, 3.8) is 0 Å². The summed E-state index contributed by atoms with van der Waals surface area (Å²) in [5.41, 5.74) is 3.47. The van der Waals surface area contributed by atoms with Gasteiger partial charge < -0.3 is 0 Å². The minimum Gasteiger partial charge on any atom is -0.281 e. The molecule has 0 aromatic heterocycles. The molecule has 0 saturated heterocycles. The van der Waals surface area contributed by atoms with E-state index in [4.69, 9.17) is 11.6 Å². The van der Waals surface area contributed by atoms with Crippen molar-refractivity contribution < 1.29 is 4.79 Å². The molecule has 1 aromatic carbocycles. The Kier molecular flexibility index (Phi) is 3.56. The van der Waals surface area contributed by atoms with Crippen LogP contribution in [0.2, 0.25) is 0 Å². The first-order chi connectivity index (χ1) is 6.83. The smallest absolute Gasteiger partial charge is 0.222 e. The van der Waals surface area contributed by atoms with Gasteiger partial charge in [-0.2, -0.15) is 0 Å². The fourth-order valence-electron chi connectivity index (χ4n) is 2.02. The zero-order chi connectivity index (χ0) is 11.6. The lowest BCUT2D eigenvalue weighted by Crippen LogP contribution is -2.21. The van der Waals surface area contributed by atoms with Gasteiger partial charge in [-0.25, -0.2) is 0 Å². The topological polar surface area (TPSA) is 17.1 Å². The van der Waals surface area contributed by atoms with Gasteiger partial charge in [0.1, 0.15) is 0 Å². The third-order valence-electron chi connectivity index (χ3n) is 2.69. The predicted octanol–water partition coefficient (Wildman–Crippen LogP) is 3.74. The van der Waals surface area contributed by atoms with Crippen LogP contribution < -0.4 is 0 Å². The molecule has 0 radical (unpaired) electrons. The maximum absolute atomic E-state index is 11.0. The van der Waals surface area contributed by atoms with E-state index in [0.717, 1.165) is 0 Å². The number of hydrogen-bond donors (Lipinski definition) is 0. The molecule has 0 aliphatic rings. The van der Waals surface area contributed by atoms with Crippen molar-refractivity contribution in [2.45, 2.75) is 39.5 Å². The predicted molar refractivity (Wildman–Crippen MR) is 64.4 cm³/mol. The molecule has 1 rings (SSSR count). The van der Waals surface area contributed by atoms with E-state index in [1.807, 2.05) is 13.8 Å². The molecule has 0 fully saturated rings. The number of carbonyl (C=O) groups is 1. The lowest BCUT2D eigenvalue weighted by molar-refractivity contribution is -0.112. The third-order valence-corrected chi connectivity index (χ3v) is 2.83. The van der Waals surface area contributed by atoms with Gasteiger partial charge in [-0.15, -0.1) is 0 Å². The highest BCUT2D eigenvalue weighted by molar-refractivity contribution is 6.63. The van der Waals surface area contributed by atoms with Gasteiger partial charge in [0.15, 0.2) is 0 Å². The lowest BCUT2D eigenvalue weighted by Gasteiger charge is -2.25. The highest BCUT2D eigenvalue weighted by Crippen LogP contribution is 2.30. The largest absolute Gasteiger partial charge is 0.281 e. The number of halogens is 1. The molecule has 0 atom stereocenters. The molecule has 1 aromatic rings. The Morgan fingerprint density at radius 2 is 1.93 bits per heavy atom. The second-order valence-electron chi connectivity index (χ2n) is 4.73. The average Bonchev–Trinajstić information content (AvgIpc) is 1.99. The van der Waals surface area contributed by atoms with Crippen molar-refractivity contribution in [1.29, 1.82) is 0 Å². The number of rotatable bonds is 3. The summed E-state index contributed by atoms with van der Waals surface area (Å²) < 4.78 is 0. The van der Waals surface area contributed by atoms with Crippen LogP contribution in [0.25, 0.3) is 0 Å². The number of carbonyl (C=O) groups excluding carboxylic acids is 1. The van der Waals surface area contributed by atoms with E-state index in [1.165, 1.54) is 16.7 Å². The summed E-state index contributed by atoms with van der Waals surface area (Å²) in [6.07, 6.45) is 0.373. The Labute approximate surface area is 96.5 Å². The zero-order valence-electron chi connectivity index (χ0n) is 9.73. The van der Waals surface area contributed by atoms with E-state index >= 15 is 0 Å². The first-order valence-corrected chi connectivity index (χ1v) is 5.47. The van der Waals surface area contributed by atoms with Crippen LogP contribution in [-0.2, 0) is 10.2 Å². The molecule has 0 amide bonds. The van der Waals surface area contributed by atoms with Gasteiger partial charge in [-0.1, -0.05) is 37.6 Å². The monoisotopic (exact) mass is 224 g/mol. The van der Waals surface area contributed by atoms with Crippen molar-refractivity contribution in [3.05, 3.63) is 34.9 Å². The Morgan fingerprint density at radius 3 is 2.40 bits per heavy atom. The van der Waals surface area contributed by atoms with Gasteiger partial charge in [-0.05, 0) is 42.0 Å². The molecule has 0 heterocycles. The van der Waals surface area contributed by atoms with Crippen molar-refractivity contribution >= 4 is 16.8 Å². The van der Waals surface area contributed by atoms with Gasteiger partial charge in [0.05, 0.1) is 0 Å². The van der Waals surface area contributed by atoms with Gasteiger partial charge in [0.2, 0.25) is 5.24 Å². The highest BCUT2D eigenvalue weighted by Gasteiger charge is 2.24. The average molecular weight is 225 g/mol. The number of aryl methyl sites for hydroxylation is 2. The fourth-order valence-corrected chi connectivity index (χ4v) is 2.35. The molecular formula is C13H17ClO. The highest BCUT2D eigenvalue weighted by atomic mass is 35.5. The number of benzene rings is 1. The summed E-state index contributed by atoms with van der Waals surface area (Å²) in [7, 11) is 0. The molecule has 0 bridgehead atoms. The molecule has 0 spiro atoms. The van der Waals surface area contributed by atoms with Crippen molar-refractivity contribution in [2.75, 3.05) is 0 Å². The van der Waals surface area contributed by atoms with Crippen LogP contribution in [0.15, 0.2) is 18.2 Å². The van der Waals surface area contributed by atoms with Crippen LogP contribution in [0.5, 0.6) is 0 Å². The van der Waals surface area contributed by atoms with E-state index in [0.29, 0.717) is 6.42 Å². The first-order valence-electron chi connectivity index (χ1n) is 5.09. The van der Waals surface area contributed by atoms with Crippen LogP contribution in [0, 0.1) is 13.8 Å². The normalized spacial score (nSPS) is 11.5. The maximum Gasteiger partial charge on any atom is 0.222 e. The van der Waals surface area contributed by atoms with Crippen LogP contribution in [-0.4, -0.2) is 5.24 Å². The SMILES string of the molecule is Cc1ccc(C(C)(C)CC(=O)Cl)c(C)c1. The summed E-state index contributed by atoms with van der Waals surface area (Å²) in [5.74, 6) is 0. The van der Waals surface area contributed by atoms with Crippen LogP contribution in [0.3, 0.4) is 0 Å². The van der Waals surface area contributed by atoms with Gasteiger partial charge in [-0.3, -0.25) is 4.79 Å². The van der Waals surface area contributed by atoms with E-state index in [-0.39, 0.29) is 10.7 Å². The first kappa shape index (κ1) is 12.3. The molecule has 0 unspecified atom stereocenters. The third kappa shape index (κ3) is 3.07. The molecule has 0 aliphatic heterocycles. The van der Waals surface area contributed by atoms with E-state index in [2.05, 4.69) is 32.0 Å². The summed E-state index contributed by atoms with van der Waals surface area (Å²) >= 11 is 5.46. The van der Waals surface area contributed by atoms with E-state index < -0.39 is 0 Å². The Balaban J connectivity index is 3.09. The summed E-state index contributed by atoms with van der Waals surface area (Å²) in [4.78, 5) is 11.0. The quantitative estimate of drug-likeness (QED) is 0.715. The second-order valence-corrected chi connectivity index (χ2v) is 5.16. The fraction of sp³-hybridized carbons (Fsp3) is 0.462. The Hall–Kier alpha value is -0.820. The Morgan fingerprint density at radius 1 is 1.33 bits per heavy atom. The van der Waals surface area contributed by atoms with Gasteiger partial charge in [0.25, 0.3) is 0 Å². The van der Waals surface area contributed by atoms with Gasteiger partial charge >= 0.3 is 0 Å². The molecule has 0 N–H and O–H groups in total. The lowest BCUT2D eigenvalue weighted by atomic mass is 9.79. The van der Waals surface area contributed by atoms with Gasteiger partial charge in [0, 0.05) is 6.42 Å². The molecule has 82 valence electrons. The van der Waals surface area contributed by atoms with Crippen molar-refractivity contribution in [1.82, 2.24) is 0 Å². The standard InChI is InChI=1S/C13H17ClO/c1-9-5-6-11(10(2)7-9)13(3,4)8-12(14)15/h5-7H,8H2,1-4H3. The van der Waals surface area contributed by atoms with Crippen molar-refractivity contribution in [3.8, 4) is 0 Å². The van der Waals surface area contributed by atoms with E-state index in [9.17, 15) is 4.79 Å².